The molecule has 1 saturated heterocycles. The highest BCUT2D eigenvalue weighted by atomic mass is 79.9. The Kier molecular flexibility index (Phi) is 4.41. The Bertz CT molecular complexity index is 470. The van der Waals surface area contributed by atoms with Crippen molar-refractivity contribution in [1.82, 2.24) is 10.2 Å². The number of alkyl halides is 1. The third-order valence-electron chi connectivity index (χ3n) is 4.30. The SMILES string of the molecule is O=C(NCC1CCN(C2CC2)C1)c1ccc(CBr)cc1. The number of carbonyl (C=O) groups excluding carboxylic acids is 1. The first-order valence-electron chi connectivity index (χ1n) is 7.43. The number of nitrogens with one attached hydrogen (secondary N) is 1. The molecule has 1 aromatic rings. The van der Waals surface area contributed by atoms with Crippen molar-refractivity contribution in [1.29, 1.82) is 0 Å². The van der Waals surface area contributed by atoms with Gasteiger partial charge < -0.3 is 10.2 Å². The number of halogens is 1. The van der Waals surface area contributed by atoms with Crippen molar-refractivity contribution >= 4 is 21.8 Å². The number of hydrogen-bond donors (Lipinski definition) is 1. The van der Waals surface area contributed by atoms with Crippen LogP contribution in [0.5, 0.6) is 0 Å². The van der Waals surface area contributed by atoms with Crippen molar-refractivity contribution in [2.24, 2.45) is 5.92 Å². The summed E-state index contributed by atoms with van der Waals surface area (Å²) < 4.78 is 0. The van der Waals surface area contributed by atoms with Crippen LogP contribution in [0.25, 0.3) is 0 Å². The van der Waals surface area contributed by atoms with E-state index in [4.69, 9.17) is 0 Å². The van der Waals surface area contributed by atoms with Gasteiger partial charge in [-0.2, -0.15) is 0 Å². The number of nitrogens with zero attached hydrogens (tertiary/aromatic N) is 1. The van der Waals surface area contributed by atoms with Gasteiger partial charge in [0.15, 0.2) is 0 Å². The maximum atomic E-state index is 12.1. The second-order valence-electron chi connectivity index (χ2n) is 5.92. The normalized spacial score (nSPS) is 22.9. The molecule has 1 aliphatic heterocycles. The van der Waals surface area contributed by atoms with E-state index in [2.05, 4.69) is 26.1 Å². The van der Waals surface area contributed by atoms with Crippen LogP contribution >= 0.6 is 15.9 Å². The Morgan fingerprint density at radius 1 is 1.25 bits per heavy atom. The Morgan fingerprint density at radius 2 is 2.00 bits per heavy atom. The van der Waals surface area contributed by atoms with Crippen LogP contribution in [-0.2, 0) is 5.33 Å². The second kappa shape index (κ2) is 6.27. The number of carbonyl (C=O) groups is 1. The summed E-state index contributed by atoms with van der Waals surface area (Å²) in [6.07, 6.45) is 3.97. The quantitative estimate of drug-likeness (QED) is 0.838. The van der Waals surface area contributed by atoms with E-state index in [-0.39, 0.29) is 5.91 Å². The average molecular weight is 337 g/mol. The Hall–Kier alpha value is -0.870. The van der Waals surface area contributed by atoms with Gasteiger partial charge >= 0.3 is 0 Å². The predicted molar refractivity (Wildman–Crippen MR) is 84.1 cm³/mol. The third-order valence-corrected chi connectivity index (χ3v) is 4.95. The molecule has 1 aliphatic carbocycles. The van der Waals surface area contributed by atoms with Gasteiger partial charge in [0.05, 0.1) is 0 Å². The molecule has 1 unspecified atom stereocenters. The van der Waals surface area contributed by atoms with Crippen LogP contribution < -0.4 is 5.32 Å². The van der Waals surface area contributed by atoms with Crippen LogP contribution in [0.2, 0.25) is 0 Å². The molecule has 2 aliphatic rings. The number of amides is 1. The first-order chi connectivity index (χ1) is 9.76. The fourth-order valence-corrected chi connectivity index (χ4v) is 3.26. The van der Waals surface area contributed by atoms with Crippen molar-refractivity contribution < 1.29 is 4.79 Å². The standard InChI is InChI=1S/C16H21BrN2O/c17-9-12-1-3-14(4-2-12)16(20)18-10-13-7-8-19(11-13)15-5-6-15/h1-4,13,15H,5-11H2,(H,18,20). The Morgan fingerprint density at radius 3 is 2.65 bits per heavy atom. The molecule has 20 heavy (non-hydrogen) atoms. The maximum absolute atomic E-state index is 12.1. The highest BCUT2D eigenvalue weighted by Crippen LogP contribution is 2.31. The van der Waals surface area contributed by atoms with Gasteiger partial charge in [-0.05, 0) is 49.4 Å². The van der Waals surface area contributed by atoms with Crippen LogP contribution in [-0.4, -0.2) is 36.5 Å². The van der Waals surface area contributed by atoms with Gasteiger partial charge in [0, 0.05) is 30.0 Å². The molecule has 108 valence electrons. The van der Waals surface area contributed by atoms with E-state index >= 15 is 0 Å². The van der Waals surface area contributed by atoms with Gasteiger partial charge in [0.25, 0.3) is 5.91 Å². The van der Waals surface area contributed by atoms with Crippen molar-refractivity contribution in [3.8, 4) is 0 Å². The molecule has 3 nitrogen and oxygen atoms in total. The predicted octanol–water partition coefficient (Wildman–Crippen LogP) is 2.80. The number of hydrogen-bond acceptors (Lipinski definition) is 2. The zero-order chi connectivity index (χ0) is 13.9. The van der Waals surface area contributed by atoms with Gasteiger partial charge in [0.1, 0.15) is 0 Å². The van der Waals surface area contributed by atoms with E-state index in [0.29, 0.717) is 5.92 Å². The van der Waals surface area contributed by atoms with Crippen LogP contribution in [0, 0.1) is 5.92 Å². The lowest BCUT2D eigenvalue weighted by Gasteiger charge is -2.15. The van der Waals surface area contributed by atoms with Crippen LogP contribution in [0.1, 0.15) is 35.2 Å². The molecule has 1 atom stereocenters. The van der Waals surface area contributed by atoms with Gasteiger partial charge in [-0.3, -0.25) is 4.79 Å². The van der Waals surface area contributed by atoms with Crippen molar-refractivity contribution in [3.63, 3.8) is 0 Å². The van der Waals surface area contributed by atoms with Gasteiger partial charge in [-0.1, -0.05) is 28.1 Å². The molecular weight excluding hydrogens is 316 g/mol. The van der Waals surface area contributed by atoms with Gasteiger partial charge in [-0.15, -0.1) is 0 Å². The highest BCUT2D eigenvalue weighted by Gasteiger charge is 2.34. The summed E-state index contributed by atoms with van der Waals surface area (Å²) in [5, 5.41) is 3.91. The van der Waals surface area contributed by atoms with Crippen LogP contribution in [0.15, 0.2) is 24.3 Å². The zero-order valence-electron chi connectivity index (χ0n) is 11.6. The molecule has 1 saturated carbocycles. The fraction of sp³-hybridized carbons (Fsp3) is 0.562. The smallest absolute Gasteiger partial charge is 0.251 e. The fourth-order valence-electron chi connectivity index (χ4n) is 2.88. The summed E-state index contributed by atoms with van der Waals surface area (Å²) in [5.74, 6) is 0.678. The van der Waals surface area contributed by atoms with Crippen molar-refractivity contribution in [3.05, 3.63) is 35.4 Å². The summed E-state index contributed by atoms with van der Waals surface area (Å²) in [5.41, 5.74) is 1.95. The largest absolute Gasteiger partial charge is 0.352 e. The molecule has 0 spiro atoms. The molecule has 1 aromatic carbocycles. The minimum Gasteiger partial charge on any atom is -0.352 e. The van der Waals surface area contributed by atoms with Crippen LogP contribution in [0.4, 0.5) is 0 Å². The topological polar surface area (TPSA) is 32.3 Å². The molecule has 0 bridgehead atoms. The van der Waals surface area contributed by atoms with E-state index in [1.165, 1.54) is 31.4 Å². The van der Waals surface area contributed by atoms with E-state index in [1.807, 2.05) is 24.3 Å². The molecule has 2 fully saturated rings. The molecule has 3 rings (SSSR count). The lowest BCUT2D eigenvalue weighted by Crippen LogP contribution is -2.31. The average Bonchev–Trinajstić information content (AvgIpc) is 3.24. The van der Waals surface area contributed by atoms with E-state index in [0.717, 1.165) is 30.0 Å². The van der Waals surface area contributed by atoms with Crippen molar-refractivity contribution in [2.75, 3.05) is 19.6 Å². The number of likely N-dealkylation sites (tertiary alicyclic amines) is 1. The van der Waals surface area contributed by atoms with E-state index in [9.17, 15) is 4.79 Å². The summed E-state index contributed by atoms with van der Waals surface area (Å²) in [7, 11) is 0. The summed E-state index contributed by atoms with van der Waals surface area (Å²) >= 11 is 3.41. The summed E-state index contributed by atoms with van der Waals surface area (Å²) in [4.78, 5) is 14.7. The second-order valence-corrected chi connectivity index (χ2v) is 6.48. The molecule has 0 radical (unpaired) electrons. The van der Waals surface area contributed by atoms with E-state index in [1.54, 1.807) is 0 Å². The Balaban J connectivity index is 1.46. The molecule has 4 heteroatoms. The Labute approximate surface area is 128 Å². The van der Waals surface area contributed by atoms with Gasteiger partial charge in [-0.25, -0.2) is 0 Å². The summed E-state index contributed by atoms with van der Waals surface area (Å²) in [6, 6.07) is 8.64. The van der Waals surface area contributed by atoms with Crippen LogP contribution in [0.3, 0.4) is 0 Å². The lowest BCUT2D eigenvalue weighted by atomic mass is 10.1. The molecule has 1 heterocycles. The molecule has 1 amide bonds. The number of benzene rings is 1. The third kappa shape index (κ3) is 3.41. The molecule has 1 N–H and O–H groups in total. The number of rotatable bonds is 5. The zero-order valence-corrected chi connectivity index (χ0v) is 13.2. The minimum atomic E-state index is 0.0518. The maximum Gasteiger partial charge on any atom is 0.251 e. The minimum absolute atomic E-state index is 0.0518. The monoisotopic (exact) mass is 336 g/mol. The summed E-state index contributed by atoms with van der Waals surface area (Å²) in [6.45, 7) is 3.18. The molecular formula is C16H21BrN2O. The first kappa shape index (κ1) is 14.1. The molecule has 0 aromatic heterocycles. The van der Waals surface area contributed by atoms with E-state index < -0.39 is 0 Å². The van der Waals surface area contributed by atoms with Gasteiger partial charge in [0.2, 0.25) is 0 Å². The lowest BCUT2D eigenvalue weighted by molar-refractivity contribution is 0.0947. The highest BCUT2D eigenvalue weighted by molar-refractivity contribution is 9.08. The first-order valence-corrected chi connectivity index (χ1v) is 8.55. The van der Waals surface area contributed by atoms with Crippen molar-refractivity contribution in [2.45, 2.75) is 30.6 Å².